The van der Waals surface area contributed by atoms with Gasteiger partial charge in [0.2, 0.25) is 0 Å². The van der Waals surface area contributed by atoms with Crippen molar-refractivity contribution in [3.63, 3.8) is 0 Å². The van der Waals surface area contributed by atoms with Crippen molar-refractivity contribution in [1.82, 2.24) is 0 Å². The van der Waals surface area contributed by atoms with Crippen molar-refractivity contribution in [2.45, 2.75) is 19.4 Å². The predicted molar refractivity (Wildman–Crippen MR) is 87.1 cm³/mol. The van der Waals surface area contributed by atoms with Crippen LogP contribution < -0.4 is 11.5 Å². The molecule has 0 rings (SSSR count). The summed E-state index contributed by atoms with van der Waals surface area (Å²) in [6, 6.07) is 0. The first-order valence-electron chi connectivity index (χ1n) is 3.76. The van der Waals surface area contributed by atoms with Gasteiger partial charge >= 0.3 is 166 Å². The molecule has 0 aliphatic rings. The van der Waals surface area contributed by atoms with Gasteiger partial charge in [0.05, 0.1) is 0 Å². The Bertz CT molecular complexity index is 259. The Morgan fingerprint density at radius 2 is 0.792 bits per heavy atom. The van der Waals surface area contributed by atoms with E-state index in [2.05, 4.69) is 64.1 Å². The van der Waals surface area contributed by atoms with Gasteiger partial charge in [-0.3, -0.25) is 0 Å². The number of rotatable bonds is 1. The number of nitrogens with zero attached hydrogens (tertiary/aromatic N) is 4. The molecule has 16 heteroatoms. The maximum atomic E-state index is 7.26. The van der Waals surface area contributed by atoms with Gasteiger partial charge in [0, 0.05) is 94.0 Å². The van der Waals surface area contributed by atoms with Gasteiger partial charge in [-0.15, -0.1) is 0 Å². The second kappa shape index (κ2) is 80.1. The molecule has 4 N–H and O–H groups in total. The normalized spacial score (nSPS) is 4.17. The molecule has 0 unspecified atom stereocenters. The van der Waals surface area contributed by atoms with Crippen molar-refractivity contribution >= 4 is 98.2 Å². The van der Waals surface area contributed by atoms with E-state index in [0.29, 0.717) is 6.54 Å². The number of nitrogens with two attached hydrogens (primary N) is 2. The van der Waals surface area contributed by atoms with E-state index >= 15 is 0 Å². The molecular weight excluding hydrogens is 1100 g/mol. The fraction of sp³-hybridized carbons (Fsp3) is 0.500. The SMILES string of the molecule is CC(C)(N)CN.N#C[Se].N#C[Se].N#C[Se].N#C[Se].[Cd+2].[Cd].[Cd].[Cd].[SeH].[SeH]. The average molecular weight is 1120 g/mol. The van der Waals surface area contributed by atoms with Crippen LogP contribution in [0.3, 0.4) is 0 Å². The number of hydrogen-bond donors (Lipinski definition) is 2. The van der Waals surface area contributed by atoms with Gasteiger partial charge in [-0.2, -0.15) is 0 Å². The molecular formula is C8H14Cd4N6Se6+2. The first-order chi connectivity index (χ1) is 8.22. The van der Waals surface area contributed by atoms with Crippen molar-refractivity contribution in [2.24, 2.45) is 11.5 Å². The quantitative estimate of drug-likeness (QED) is 0.267. The molecule has 6 radical (unpaired) electrons. The van der Waals surface area contributed by atoms with Crippen LogP contribution in [0.25, 0.3) is 0 Å². The molecule has 0 bridgehead atoms. The first kappa shape index (κ1) is 70.3. The molecule has 24 heavy (non-hydrogen) atoms. The summed E-state index contributed by atoms with van der Waals surface area (Å²) >= 11 is 8.44. The summed E-state index contributed by atoms with van der Waals surface area (Å²) < 4.78 is 0. The number of nitriles is 4. The van der Waals surface area contributed by atoms with Crippen LogP contribution in [0.2, 0.25) is 0 Å². The zero-order valence-electron chi connectivity index (χ0n) is 13.5. The Kier molecular flexibility index (Phi) is 235. The molecule has 0 fully saturated rings. The van der Waals surface area contributed by atoms with E-state index in [0.717, 1.165) is 0 Å². The van der Waals surface area contributed by atoms with Gasteiger partial charge in [0.1, 0.15) is 0 Å². The van der Waals surface area contributed by atoms with Crippen molar-refractivity contribution in [1.29, 1.82) is 21.0 Å². The third-order valence-corrected chi connectivity index (χ3v) is 0.526. The topological polar surface area (TPSA) is 147 Å². The van der Waals surface area contributed by atoms with Crippen molar-refractivity contribution < 1.29 is 109 Å². The summed E-state index contributed by atoms with van der Waals surface area (Å²) in [5.41, 5.74) is 10.4. The molecule has 0 aromatic rings. The summed E-state index contributed by atoms with van der Waals surface area (Å²) in [4.78, 5) is 6.50. The van der Waals surface area contributed by atoms with Gasteiger partial charge < -0.3 is 11.5 Å². The van der Waals surface area contributed by atoms with Gasteiger partial charge in [0.15, 0.2) is 0 Å². The molecule has 0 aromatic heterocycles. The summed E-state index contributed by atoms with van der Waals surface area (Å²) in [7, 11) is 0. The summed E-state index contributed by atoms with van der Waals surface area (Å²) in [5.74, 6) is 0. The van der Waals surface area contributed by atoms with E-state index in [1.54, 1.807) is 19.9 Å². The minimum atomic E-state index is -0.181. The van der Waals surface area contributed by atoms with Crippen LogP contribution in [0.5, 0.6) is 0 Å². The third-order valence-electron chi connectivity index (χ3n) is 0.526. The van der Waals surface area contributed by atoms with Crippen molar-refractivity contribution in [3.05, 3.63) is 0 Å². The molecule has 0 aromatic carbocycles. The Morgan fingerprint density at radius 3 is 0.792 bits per heavy atom. The van der Waals surface area contributed by atoms with E-state index in [9.17, 15) is 0 Å². The Balaban J connectivity index is -0.00000000951. The molecule has 0 atom stereocenters. The van der Waals surface area contributed by atoms with Crippen LogP contribution in [0, 0.1) is 40.9 Å². The third kappa shape index (κ3) is 298. The van der Waals surface area contributed by atoms with E-state index in [1.165, 1.54) is 0 Å². The van der Waals surface area contributed by atoms with E-state index in [1.807, 2.05) is 13.8 Å². The Labute approximate surface area is 280 Å². The second-order valence-electron chi connectivity index (χ2n) is 2.56. The monoisotopic (exact) mass is 1130 g/mol. The summed E-state index contributed by atoms with van der Waals surface area (Å²) in [6.07, 6.45) is 0. The Hall–Kier alpha value is 4.69. The fourth-order valence-corrected chi connectivity index (χ4v) is 0. The van der Waals surface area contributed by atoms with Crippen molar-refractivity contribution in [2.75, 3.05) is 6.54 Å². The van der Waals surface area contributed by atoms with Crippen LogP contribution in [0.1, 0.15) is 13.8 Å². The van der Waals surface area contributed by atoms with Crippen LogP contribution >= 0.6 is 0 Å². The molecule has 0 saturated heterocycles. The molecule has 118 valence electrons. The van der Waals surface area contributed by atoms with E-state index < -0.39 is 0 Å². The predicted octanol–water partition coefficient (Wildman–Crippen LogP) is -3.08. The fourth-order valence-electron chi connectivity index (χ4n) is 0. The van der Waals surface area contributed by atoms with Gasteiger partial charge in [-0.05, 0) is 13.8 Å². The molecule has 0 aliphatic heterocycles. The first-order valence-corrected chi connectivity index (χ1v) is 7.19. The molecule has 0 aliphatic carbocycles. The van der Waals surface area contributed by atoms with Crippen LogP contribution in [-0.2, 0) is 109 Å². The van der Waals surface area contributed by atoms with Crippen LogP contribution in [0.15, 0.2) is 0 Å². The van der Waals surface area contributed by atoms with Gasteiger partial charge in [-0.25, -0.2) is 0 Å². The summed E-state index contributed by atoms with van der Waals surface area (Å²) in [5, 5.41) is 29.1. The molecule has 0 saturated carbocycles. The van der Waals surface area contributed by atoms with Crippen LogP contribution in [0.4, 0.5) is 0 Å². The minimum absolute atomic E-state index is 0. The Morgan fingerprint density at radius 1 is 0.750 bits per heavy atom. The molecule has 0 spiro atoms. The molecule has 6 nitrogen and oxygen atoms in total. The summed E-state index contributed by atoms with van der Waals surface area (Å²) in [6.45, 7) is 4.34. The molecule has 0 amide bonds. The number of hydrogen-bond acceptors (Lipinski definition) is 6. The van der Waals surface area contributed by atoms with Crippen molar-refractivity contribution in [3.8, 4) is 19.9 Å². The van der Waals surface area contributed by atoms with E-state index in [-0.39, 0.29) is 149 Å². The maximum absolute atomic E-state index is 7.26. The molecule has 0 heterocycles. The average Bonchev–Trinajstić information content (AvgIpc) is 2.21. The second-order valence-corrected chi connectivity index (χ2v) is 4.09. The standard InChI is InChI=1S/C4H12N2.4CNSe.4Cd.2HSe/c1-4(2,6)3-5;4*2-1-3;;;;;;/h3,5-6H2,1-2H3;;;;;;;;;2*1H/q;;;;;;;;+2;;. The van der Waals surface area contributed by atoms with Gasteiger partial charge in [0.25, 0.3) is 0 Å². The van der Waals surface area contributed by atoms with Crippen LogP contribution in [-0.4, -0.2) is 110 Å². The zero-order chi connectivity index (χ0) is 16.0. The zero-order valence-corrected chi connectivity index (χ0v) is 40.3. The van der Waals surface area contributed by atoms with E-state index in [4.69, 9.17) is 32.5 Å². The van der Waals surface area contributed by atoms with Gasteiger partial charge in [-0.1, -0.05) is 0 Å².